The molecular weight excluding hydrogens is 359 g/mol. The molecule has 4 atom stereocenters. The molecule has 0 aromatic heterocycles. The molecule has 0 N–H and O–H groups in total. The first-order chi connectivity index (χ1) is 13.6. The summed E-state index contributed by atoms with van der Waals surface area (Å²) >= 11 is 0. The second-order valence-corrected chi connectivity index (χ2v) is 7.66. The third-order valence-electron chi connectivity index (χ3n) is 6.26. The molecule has 0 radical (unpaired) electrons. The fraction of sp³-hybridized carbons (Fsp3) is 0.318. The standard InChI is InChI=1S/C22H19FN2O3/c23-14-10-8-13(9-11-14)20(26)19-18-17(16-7-4-12-24(16)19)21(27)25(22(18)28)15-5-2-1-3-6-15/h1-3,5-6,8-11,16-19H,4,7,12H2/t16-,17+,18+,19-/m0/s1. The molecule has 3 aliphatic heterocycles. The van der Waals surface area contributed by atoms with Gasteiger partial charge in [-0.2, -0.15) is 0 Å². The van der Waals surface area contributed by atoms with Gasteiger partial charge in [-0.3, -0.25) is 19.3 Å². The summed E-state index contributed by atoms with van der Waals surface area (Å²) < 4.78 is 13.3. The summed E-state index contributed by atoms with van der Waals surface area (Å²) in [5.41, 5.74) is 0.917. The van der Waals surface area contributed by atoms with Gasteiger partial charge in [-0.25, -0.2) is 9.29 Å². The zero-order valence-electron chi connectivity index (χ0n) is 15.1. The monoisotopic (exact) mass is 378 g/mol. The molecule has 28 heavy (non-hydrogen) atoms. The normalized spacial score (nSPS) is 29.2. The molecule has 3 fully saturated rings. The van der Waals surface area contributed by atoms with Gasteiger partial charge in [0.1, 0.15) is 5.82 Å². The van der Waals surface area contributed by atoms with Crippen molar-refractivity contribution in [3.05, 3.63) is 66.0 Å². The van der Waals surface area contributed by atoms with Crippen molar-refractivity contribution in [2.75, 3.05) is 11.4 Å². The molecule has 2 aromatic rings. The van der Waals surface area contributed by atoms with Crippen LogP contribution in [-0.2, 0) is 9.59 Å². The first-order valence-electron chi connectivity index (χ1n) is 9.56. The van der Waals surface area contributed by atoms with Gasteiger partial charge in [0.05, 0.1) is 23.6 Å². The number of halogens is 1. The van der Waals surface area contributed by atoms with Crippen molar-refractivity contribution in [2.24, 2.45) is 11.8 Å². The molecule has 2 aromatic carbocycles. The number of imide groups is 1. The van der Waals surface area contributed by atoms with Gasteiger partial charge >= 0.3 is 0 Å². The molecular formula is C22H19FN2O3. The number of fused-ring (bicyclic) bond motifs is 3. The molecule has 0 bridgehead atoms. The van der Waals surface area contributed by atoms with Crippen molar-refractivity contribution in [1.82, 2.24) is 4.90 Å². The van der Waals surface area contributed by atoms with Crippen molar-refractivity contribution in [3.63, 3.8) is 0 Å². The summed E-state index contributed by atoms with van der Waals surface area (Å²) in [4.78, 5) is 43.1. The lowest BCUT2D eigenvalue weighted by Crippen LogP contribution is -2.46. The lowest BCUT2D eigenvalue weighted by molar-refractivity contribution is -0.123. The molecule has 3 aliphatic rings. The van der Waals surface area contributed by atoms with Crippen LogP contribution in [0.15, 0.2) is 54.6 Å². The topological polar surface area (TPSA) is 57.7 Å². The van der Waals surface area contributed by atoms with Crippen LogP contribution in [0.1, 0.15) is 23.2 Å². The minimum atomic E-state index is -0.685. The molecule has 3 heterocycles. The van der Waals surface area contributed by atoms with Crippen molar-refractivity contribution < 1.29 is 18.8 Å². The molecule has 5 nitrogen and oxygen atoms in total. The highest BCUT2D eigenvalue weighted by Gasteiger charge is 2.64. The summed E-state index contributed by atoms with van der Waals surface area (Å²) in [6, 6.07) is 13.5. The predicted molar refractivity (Wildman–Crippen MR) is 100 cm³/mol. The van der Waals surface area contributed by atoms with E-state index in [-0.39, 0.29) is 23.6 Å². The Kier molecular flexibility index (Phi) is 3.91. The van der Waals surface area contributed by atoms with E-state index in [4.69, 9.17) is 0 Å². The summed E-state index contributed by atoms with van der Waals surface area (Å²) in [7, 11) is 0. The minimum Gasteiger partial charge on any atom is -0.292 e. The number of nitrogens with zero attached hydrogens (tertiary/aromatic N) is 2. The van der Waals surface area contributed by atoms with Gasteiger partial charge in [0.25, 0.3) is 0 Å². The van der Waals surface area contributed by atoms with Gasteiger partial charge in [-0.15, -0.1) is 0 Å². The molecule has 0 unspecified atom stereocenters. The Morgan fingerprint density at radius 3 is 2.32 bits per heavy atom. The zero-order valence-corrected chi connectivity index (χ0v) is 15.1. The maximum absolute atomic E-state index is 13.3. The summed E-state index contributed by atoms with van der Waals surface area (Å²) in [5, 5.41) is 0. The van der Waals surface area contributed by atoms with Crippen LogP contribution in [0.3, 0.4) is 0 Å². The molecule has 3 saturated heterocycles. The van der Waals surface area contributed by atoms with E-state index in [9.17, 15) is 18.8 Å². The summed E-state index contributed by atoms with van der Waals surface area (Å²) in [5.74, 6) is -2.33. The van der Waals surface area contributed by atoms with Crippen LogP contribution in [0.2, 0.25) is 0 Å². The van der Waals surface area contributed by atoms with Crippen LogP contribution in [0, 0.1) is 17.7 Å². The highest BCUT2D eigenvalue weighted by molar-refractivity contribution is 6.24. The average Bonchev–Trinajstić information content (AvgIpc) is 3.35. The number of hydrogen-bond acceptors (Lipinski definition) is 4. The number of para-hydroxylation sites is 1. The number of rotatable bonds is 3. The molecule has 0 spiro atoms. The van der Waals surface area contributed by atoms with Crippen LogP contribution in [0.4, 0.5) is 10.1 Å². The lowest BCUT2D eigenvalue weighted by Gasteiger charge is -2.27. The quantitative estimate of drug-likeness (QED) is 0.609. The van der Waals surface area contributed by atoms with Gasteiger partial charge < -0.3 is 0 Å². The maximum atomic E-state index is 13.3. The van der Waals surface area contributed by atoms with E-state index in [2.05, 4.69) is 0 Å². The maximum Gasteiger partial charge on any atom is 0.239 e. The largest absolute Gasteiger partial charge is 0.292 e. The fourth-order valence-electron chi connectivity index (χ4n) is 5.13. The van der Waals surface area contributed by atoms with Crippen LogP contribution in [0.25, 0.3) is 0 Å². The van der Waals surface area contributed by atoms with E-state index in [1.54, 1.807) is 24.3 Å². The number of anilines is 1. The highest BCUT2D eigenvalue weighted by Crippen LogP contribution is 2.48. The number of benzene rings is 2. The Hall–Kier alpha value is -2.86. The zero-order chi connectivity index (χ0) is 19.4. The average molecular weight is 378 g/mol. The minimum absolute atomic E-state index is 0.0930. The Balaban J connectivity index is 1.55. The Morgan fingerprint density at radius 1 is 0.929 bits per heavy atom. The van der Waals surface area contributed by atoms with E-state index >= 15 is 0 Å². The van der Waals surface area contributed by atoms with E-state index < -0.39 is 23.7 Å². The SMILES string of the molecule is O=C(c1ccc(F)cc1)[C@@H]1[C@@H]2C(=O)N(c3ccccc3)C(=O)[C@@H]2[C@@H]2CCCN12. The van der Waals surface area contributed by atoms with E-state index in [1.165, 1.54) is 29.2 Å². The fourth-order valence-corrected chi connectivity index (χ4v) is 5.13. The van der Waals surface area contributed by atoms with Crippen LogP contribution in [-0.4, -0.2) is 41.1 Å². The number of Topliss-reactive ketones (excluding diaryl/α,β-unsaturated/α-hetero) is 1. The molecule has 142 valence electrons. The molecule has 2 amide bonds. The number of hydrogen-bond donors (Lipinski definition) is 0. The molecule has 5 rings (SSSR count). The smallest absolute Gasteiger partial charge is 0.239 e. The van der Waals surface area contributed by atoms with E-state index in [0.29, 0.717) is 17.8 Å². The van der Waals surface area contributed by atoms with Gasteiger partial charge in [0.2, 0.25) is 11.8 Å². The second-order valence-electron chi connectivity index (χ2n) is 7.66. The van der Waals surface area contributed by atoms with Gasteiger partial charge in [-0.05, 0) is 55.8 Å². The van der Waals surface area contributed by atoms with Crippen LogP contribution in [0.5, 0.6) is 0 Å². The summed E-state index contributed by atoms with van der Waals surface area (Å²) in [6.07, 6.45) is 1.70. The van der Waals surface area contributed by atoms with Crippen molar-refractivity contribution in [3.8, 4) is 0 Å². The predicted octanol–water partition coefficient (Wildman–Crippen LogP) is 2.66. The molecule has 0 aliphatic carbocycles. The van der Waals surface area contributed by atoms with Crippen molar-refractivity contribution in [2.45, 2.75) is 24.9 Å². The number of carbonyl (C=O) groups is 3. The summed E-state index contributed by atoms with van der Waals surface area (Å²) in [6.45, 7) is 0.696. The van der Waals surface area contributed by atoms with Gasteiger partial charge in [0, 0.05) is 11.6 Å². The Morgan fingerprint density at radius 2 is 1.61 bits per heavy atom. The molecule has 0 saturated carbocycles. The van der Waals surface area contributed by atoms with Crippen LogP contribution < -0.4 is 4.90 Å². The highest BCUT2D eigenvalue weighted by atomic mass is 19.1. The van der Waals surface area contributed by atoms with E-state index in [0.717, 1.165) is 12.8 Å². The third kappa shape index (κ3) is 2.37. The number of ketones is 1. The first kappa shape index (κ1) is 17.3. The Bertz CT molecular complexity index is 960. The van der Waals surface area contributed by atoms with Gasteiger partial charge in [-0.1, -0.05) is 18.2 Å². The van der Waals surface area contributed by atoms with E-state index in [1.807, 2.05) is 11.0 Å². The number of amides is 2. The Labute approximate surface area is 161 Å². The van der Waals surface area contributed by atoms with Crippen molar-refractivity contribution >= 4 is 23.3 Å². The second kappa shape index (κ2) is 6.34. The molecule has 6 heteroatoms. The lowest BCUT2D eigenvalue weighted by atomic mass is 9.85. The van der Waals surface area contributed by atoms with Gasteiger partial charge in [0.15, 0.2) is 5.78 Å². The van der Waals surface area contributed by atoms with Crippen molar-refractivity contribution in [1.29, 1.82) is 0 Å². The number of carbonyl (C=O) groups excluding carboxylic acids is 3. The van der Waals surface area contributed by atoms with Crippen LogP contribution >= 0.6 is 0 Å². The third-order valence-corrected chi connectivity index (χ3v) is 6.26. The first-order valence-corrected chi connectivity index (χ1v) is 9.56.